The van der Waals surface area contributed by atoms with E-state index in [-0.39, 0.29) is 11.6 Å². The summed E-state index contributed by atoms with van der Waals surface area (Å²) >= 11 is 6.71. The number of hydrogen-bond acceptors (Lipinski definition) is 7. The smallest absolute Gasteiger partial charge is 0.357 e. The van der Waals surface area contributed by atoms with Crippen LogP contribution in [0.15, 0.2) is 53.5 Å². The number of nitrogens with zero attached hydrogens (tertiary/aromatic N) is 2. The van der Waals surface area contributed by atoms with Crippen molar-refractivity contribution in [1.29, 1.82) is 0 Å². The summed E-state index contributed by atoms with van der Waals surface area (Å²) < 4.78 is 12.1. The Labute approximate surface area is 176 Å². The standard InChI is InChI=1S/C21H16N2O4S2/c1-26-13-9-7-12(8-10-13)23-19(24)17(29-21(23)28)11-15-14-5-3-4-6-16(14)22-18(15)20(25)27-2/h3-11,24H,1-2H3. The Morgan fingerprint density at radius 1 is 1.17 bits per heavy atom. The van der Waals surface area contributed by atoms with Gasteiger partial charge < -0.3 is 14.6 Å². The van der Waals surface area contributed by atoms with Gasteiger partial charge in [0.15, 0.2) is 9.67 Å². The molecular formula is C21H16N2O4S2. The number of ether oxygens (including phenoxy) is 2. The van der Waals surface area contributed by atoms with Gasteiger partial charge in [-0.3, -0.25) is 4.57 Å². The van der Waals surface area contributed by atoms with Crippen LogP contribution in [-0.4, -0.2) is 35.6 Å². The number of aromatic nitrogens is 1. The van der Waals surface area contributed by atoms with Crippen molar-refractivity contribution in [3.05, 3.63) is 62.9 Å². The molecule has 1 aliphatic rings. The molecule has 0 amide bonds. The van der Waals surface area contributed by atoms with Crippen LogP contribution < -0.4 is 4.74 Å². The third-order valence-electron chi connectivity index (χ3n) is 4.48. The molecule has 1 aromatic heterocycles. The molecule has 29 heavy (non-hydrogen) atoms. The van der Waals surface area contributed by atoms with Gasteiger partial charge in [0.1, 0.15) is 5.75 Å². The maximum absolute atomic E-state index is 12.2. The lowest BCUT2D eigenvalue weighted by molar-refractivity contribution is -0.132. The summed E-state index contributed by atoms with van der Waals surface area (Å²) in [6.45, 7) is 0. The number of carbonyl (C=O) groups excluding carboxylic acids is 1. The highest BCUT2D eigenvalue weighted by Crippen LogP contribution is 2.39. The van der Waals surface area contributed by atoms with E-state index in [9.17, 15) is 9.90 Å². The van der Waals surface area contributed by atoms with Gasteiger partial charge in [-0.05, 0) is 48.6 Å². The molecule has 0 radical (unpaired) electrons. The molecule has 4 rings (SSSR count). The number of fused-ring (bicyclic) bond motifs is 1. The number of hydrogen-bond donors (Lipinski definition) is 1. The Morgan fingerprint density at radius 3 is 2.59 bits per heavy atom. The number of aliphatic imine (C=N–C) groups is 1. The monoisotopic (exact) mass is 424 g/mol. The number of benzene rings is 2. The summed E-state index contributed by atoms with van der Waals surface area (Å²) in [5.74, 6) is 0.162. The third kappa shape index (κ3) is 3.37. The average Bonchev–Trinajstić information content (AvgIpc) is 3.25. The Kier molecular flexibility index (Phi) is 5.04. The van der Waals surface area contributed by atoms with Gasteiger partial charge in [0, 0.05) is 11.1 Å². The normalized spacial score (nSPS) is 13.9. The van der Waals surface area contributed by atoms with Gasteiger partial charge in [-0.15, -0.1) is 11.3 Å². The van der Waals surface area contributed by atoms with E-state index in [1.54, 1.807) is 29.9 Å². The molecule has 0 aliphatic carbocycles. The Hall–Kier alpha value is -3.23. The van der Waals surface area contributed by atoms with Gasteiger partial charge in [-0.1, -0.05) is 18.2 Å². The number of thiazole rings is 1. The molecule has 0 saturated carbocycles. The van der Waals surface area contributed by atoms with E-state index in [4.69, 9.17) is 21.7 Å². The molecule has 6 nitrogen and oxygen atoms in total. The van der Waals surface area contributed by atoms with E-state index in [1.165, 1.54) is 18.4 Å². The van der Waals surface area contributed by atoms with E-state index in [1.807, 2.05) is 36.4 Å². The topological polar surface area (TPSA) is 73.0 Å². The van der Waals surface area contributed by atoms with E-state index in [0.29, 0.717) is 31.5 Å². The first-order chi connectivity index (χ1) is 14.0. The molecule has 0 bridgehead atoms. The summed E-state index contributed by atoms with van der Waals surface area (Å²) in [5, 5.41) is 10.9. The molecule has 2 aromatic carbocycles. The average molecular weight is 425 g/mol. The maximum atomic E-state index is 12.2. The molecule has 1 N–H and O–H groups in total. The molecular weight excluding hydrogens is 408 g/mol. The molecule has 146 valence electrons. The quantitative estimate of drug-likeness (QED) is 0.482. The van der Waals surface area contributed by atoms with Crippen molar-refractivity contribution < 1.29 is 19.4 Å². The second-order valence-corrected chi connectivity index (χ2v) is 7.79. The van der Waals surface area contributed by atoms with Crippen molar-refractivity contribution in [3.8, 4) is 17.3 Å². The second kappa shape index (κ2) is 7.65. The summed E-state index contributed by atoms with van der Waals surface area (Å²) in [6.07, 6.45) is 1.72. The highest BCUT2D eigenvalue weighted by Gasteiger charge is 2.27. The van der Waals surface area contributed by atoms with E-state index in [0.717, 1.165) is 5.56 Å². The number of carbonyl (C=O) groups is 1. The lowest BCUT2D eigenvalue weighted by Crippen LogP contribution is -2.14. The minimum Gasteiger partial charge on any atom is -0.497 e. The molecule has 0 unspecified atom stereocenters. The second-order valence-electron chi connectivity index (χ2n) is 6.12. The minimum atomic E-state index is -0.537. The fourth-order valence-corrected chi connectivity index (χ4v) is 4.36. The predicted octanol–water partition coefficient (Wildman–Crippen LogP) is 4.78. The van der Waals surface area contributed by atoms with Crippen molar-refractivity contribution in [2.45, 2.75) is 0 Å². The predicted molar refractivity (Wildman–Crippen MR) is 116 cm³/mol. The number of rotatable bonds is 4. The molecule has 3 aromatic rings. The number of para-hydroxylation sites is 1. The highest BCUT2D eigenvalue weighted by atomic mass is 32.1. The zero-order chi connectivity index (χ0) is 20.5. The Bertz CT molecular complexity index is 1220. The number of esters is 1. The molecule has 0 atom stereocenters. The van der Waals surface area contributed by atoms with Gasteiger partial charge in [0.05, 0.1) is 30.5 Å². The molecule has 0 spiro atoms. The van der Waals surface area contributed by atoms with E-state index >= 15 is 0 Å². The Balaban J connectivity index is 1.83. The summed E-state index contributed by atoms with van der Waals surface area (Å²) in [7, 11) is 2.90. The van der Waals surface area contributed by atoms with Gasteiger partial charge in [-0.25, -0.2) is 9.79 Å². The molecule has 8 heteroatoms. The summed E-state index contributed by atoms with van der Waals surface area (Å²) in [6, 6.07) is 14.6. The number of methoxy groups -OCH3 is 2. The molecule has 1 aliphatic heterocycles. The van der Waals surface area contributed by atoms with Crippen molar-refractivity contribution in [3.63, 3.8) is 0 Å². The maximum Gasteiger partial charge on any atom is 0.357 e. The van der Waals surface area contributed by atoms with Crippen LogP contribution in [0.3, 0.4) is 0 Å². The SMILES string of the molecule is COC(=O)C1=Nc2ccccc2C1=Cc1sc(=S)n(-c2ccc(OC)cc2)c1O. The minimum absolute atomic E-state index is 0.00809. The summed E-state index contributed by atoms with van der Waals surface area (Å²) in [4.78, 5) is 17.1. The van der Waals surface area contributed by atoms with E-state index < -0.39 is 5.97 Å². The fraction of sp³-hybridized carbons (Fsp3) is 0.0952. The van der Waals surface area contributed by atoms with Crippen molar-refractivity contribution in [2.24, 2.45) is 4.99 Å². The van der Waals surface area contributed by atoms with Crippen molar-refractivity contribution in [1.82, 2.24) is 4.57 Å². The van der Waals surface area contributed by atoms with Gasteiger partial charge in [-0.2, -0.15) is 0 Å². The lowest BCUT2D eigenvalue weighted by Gasteiger charge is -2.06. The lowest BCUT2D eigenvalue weighted by atomic mass is 10.0. The first kappa shape index (κ1) is 19.1. The number of aromatic hydroxyl groups is 1. The van der Waals surface area contributed by atoms with Crippen LogP contribution in [0.2, 0.25) is 0 Å². The largest absolute Gasteiger partial charge is 0.497 e. The zero-order valence-electron chi connectivity index (χ0n) is 15.6. The van der Waals surface area contributed by atoms with Crippen LogP contribution in [0.4, 0.5) is 5.69 Å². The van der Waals surface area contributed by atoms with Crippen LogP contribution in [0.1, 0.15) is 10.4 Å². The van der Waals surface area contributed by atoms with Crippen molar-refractivity contribution in [2.75, 3.05) is 14.2 Å². The van der Waals surface area contributed by atoms with Gasteiger partial charge in [0.2, 0.25) is 5.88 Å². The van der Waals surface area contributed by atoms with Crippen LogP contribution in [-0.2, 0) is 9.53 Å². The molecule has 0 fully saturated rings. The van der Waals surface area contributed by atoms with Gasteiger partial charge in [0.25, 0.3) is 0 Å². The third-order valence-corrected chi connectivity index (χ3v) is 5.79. The van der Waals surface area contributed by atoms with Crippen LogP contribution >= 0.6 is 23.6 Å². The van der Waals surface area contributed by atoms with Crippen LogP contribution in [0.5, 0.6) is 11.6 Å². The first-order valence-corrected chi connectivity index (χ1v) is 9.83. The van der Waals surface area contributed by atoms with Crippen LogP contribution in [0.25, 0.3) is 17.3 Å². The van der Waals surface area contributed by atoms with E-state index in [2.05, 4.69) is 4.99 Å². The fourth-order valence-electron chi connectivity index (χ4n) is 3.07. The highest BCUT2D eigenvalue weighted by molar-refractivity contribution is 7.73. The first-order valence-electron chi connectivity index (χ1n) is 8.61. The Morgan fingerprint density at radius 2 is 1.90 bits per heavy atom. The zero-order valence-corrected chi connectivity index (χ0v) is 17.2. The van der Waals surface area contributed by atoms with Crippen LogP contribution in [0, 0.1) is 3.95 Å². The van der Waals surface area contributed by atoms with Gasteiger partial charge >= 0.3 is 5.97 Å². The summed E-state index contributed by atoms with van der Waals surface area (Å²) in [5.41, 5.74) is 2.96. The molecule has 0 saturated heterocycles. The molecule has 2 heterocycles. The van der Waals surface area contributed by atoms with Crippen molar-refractivity contribution >= 4 is 52.6 Å².